The number of ether oxygens (including phenoxy) is 2. The average molecular weight is 244 g/mol. The van der Waals surface area contributed by atoms with E-state index >= 15 is 0 Å². The van der Waals surface area contributed by atoms with Crippen molar-refractivity contribution in [2.45, 2.75) is 12.5 Å². The Morgan fingerprint density at radius 1 is 1.54 bits per heavy atom. The average Bonchev–Trinajstić information content (AvgIpc) is 2.62. The maximum absolute atomic E-state index is 5.57. The van der Waals surface area contributed by atoms with Gasteiger partial charge in [-0.15, -0.1) is 0 Å². The molecule has 0 N–H and O–H groups in total. The number of halogens is 1. The largest absolute Gasteiger partial charge is 0.472 e. The van der Waals surface area contributed by atoms with Crippen LogP contribution < -0.4 is 4.74 Å². The summed E-state index contributed by atoms with van der Waals surface area (Å²) in [6, 6.07) is 3.76. The molecule has 0 spiro atoms. The molecule has 13 heavy (non-hydrogen) atoms. The van der Waals surface area contributed by atoms with Crippen LogP contribution in [0.25, 0.3) is 0 Å². The second kappa shape index (κ2) is 4.07. The molecule has 2 heterocycles. The summed E-state index contributed by atoms with van der Waals surface area (Å²) in [5.74, 6) is 0.665. The summed E-state index contributed by atoms with van der Waals surface area (Å²) >= 11 is 3.32. The van der Waals surface area contributed by atoms with Crippen LogP contribution in [0.4, 0.5) is 0 Å². The van der Waals surface area contributed by atoms with Gasteiger partial charge < -0.3 is 9.47 Å². The van der Waals surface area contributed by atoms with Gasteiger partial charge in [-0.05, 0) is 22.0 Å². The highest BCUT2D eigenvalue weighted by atomic mass is 79.9. The molecule has 2 rings (SSSR count). The molecule has 1 saturated heterocycles. The lowest BCUT2D eigenvalue weighted by atomic mass is 10.3. The topological polar surface area (TPSA) is 31.4 Å². The van der Waals surface area contributed by atoms with Gasteiger partial charge in [-0.25, -0.2) is 4.98 Å². The van der Waals surface area contributed by atoms with Crippen molar-refractivity contribution in [3.63, 3.8) is 0 Å². The normalized spacial score (nSPS) is 21.8. The Morgan fingerprint density at radius 3 is 3.08 bits per heavy atom. The molecule has 1 fully saturated rings. The van der Waals surface area contributed by atoms with E-state index in [1.165, 1.54) is 0 Å². The fraction of sp³-hybridized carbons (Fsp3) is 0.444. The van der Waals surface area contributed by atoms with Crippen molar-refractivity contribution >= 4 is 15.9 Å². The van der Waals surface area contributed by atoms with Crippen LogP contribution >= 0.6 is 15.9 Å². The van der Waals surface area contributed by atoms with Gasteiger partial charge in [0.1, 0.15) is 6.10 Å². The van der Waals surface area contributed by atoms with Gasteiger partial charge in [0, 0.05) is 23.2 Å². The first-order valence-corrected chi connectivity index (χ1v) is 5.00. The predicted octanol–water partition coefficient (Wildman–Crippen LogP) is 2.01. The molecule has 1 aromatic rings. The molecule has 0 unspecified atom stereocenters. The van der Waals surface area contributed by atoms with Crippen molar-refractivity contribution in [1.29, 1.82) is 0 Å². The first-order chi connectivity index (χ1) is 6.34. The van der Waals surface area contributed by atoms with Crippen molar-refractivity contribution in [3.05, 3.63) is 22.8 Å². The van der Waals surface area contributed by atoms with Crippen molar-refractivity contribution in [2.75, 3.05) is 13.2 Å². The van der Waals surface area contributed by atoms with E-state index in [-0.39, 0.29) is 6.10 Å². The molecule has 1 atom stereocenters. The minimum Gasteiger partial charge on any atom is -0.472 e. The van der Waals surface area contributed by atoms with Crippen LogP contribution in [0.15, 0.2) is 22.8 Å². The highest BCUT2D eigenvalue weighted by molar-refractivity contribution is 9.10. The fourth-order valence-corrected chi connectivity index (χ4v) is 1.44. The summed E-state index contributed by atoms with van der Waals surface area (Å²) in [5, 5.41) is 0. The zero-order chi connectivity index (χ0) is 9.10. The molecule has 1 aliphatic heterocycles. The van der Waals surface area contributed by atoms with Crippen LogP contribution in [-0.2, 0) is 4.74 Å². The van der Waals surface area contributed by atoms with Crippen LogP contribution in [0.2, 0.25) is 0 Å². The molecule has 3 nitrogen and oxygen atoms in total. The first kappa shape index (κ1) is 8.97. The van der Waals surface area contributed by atoms with E-state index in [1.807, 2.05) is 12.1 Å². The highest BCUT2D eigenvalue weighted by Gasteiger charge is 2.17. The Bertz CT molecular complexity index is 269. The Balaban J connectivity index is 1.97. The third kappa shape index (κ3) is 2.42. The monoisotopic (exact) mass is 243 g/mol. The molecule has 1 aromatic heterocycles. The zero-order valence-corrected chi connectivity index (χ0v) is 8.66. The molecule has 4 heteroatoms. The second-order valence-corrected chi connectivity index (χ2v) is 3.83. The maximum Gasteiger partial charge on any atom is 0.213 e. The smallest absolute Gasteiger partial charge is 0.213 e. The molecule has 0 radical (unpaired) electrons. The lowest BCUT2D eigenvalue weighted by molar-refractivity contribution is 0.138. The molecule has 1 aliphatic rings. The van der Waals surface area contributed by atoms with Gasteiger partial charge in [0.15, 0.2) is 0 Å². The van der Waals surface area contributed by atoms with Gasteiger partial charge in [0.25, 0.3) is 0 Å². The third-order valence-electron chi connectivity index (χ3n) is 1.88. The van der Waals surface area contributed by atoms with Crippen molar-refractivity contribution in [3.8, 4) is 5.88 Å². The molecule has 70 valence electrons. The van der Waals surface area contributed by atoms with Gasteiger partial charge in [0.2, 0.25) is 5.88 Å². The van der Waals surface area contributed by atoms with E-state index in [0.717, 1.165) is 17.5 Å². The zero-order valence-electron chi connectivity index (χ0n) is 7.07. The summed E-state index contributed by atoms with van der Waals surface area (Å²) in [6.45, 7) is 1.47. The Labute approximate surface area is 85.2 Å². The summed E-state index contributed by atoms with van der Waals surface area (Å²) in [4.78, 5) is 4.12. The summed E-state index contributed by atoms with van der Waals surface area (Å²) in [7, 11) is 0. The number of rotatable bonds is 2. The summed E-state index contributed by atoms with van der Waals surface area (Å²) in [6.07, 6.45) is 2.86. The Morgan fingerprint density at radius 2 is 2.46 bits per heavy atom. The fourth-order valence-electron chi connectivity index (χ4n) is 1.21. The Hall–Kier alpha value is -0.610. The van der Waals surface area contributed by atoms with Crippen LogP contribution in [0.1, 0.15) is 6.42 Å². The van der Waals surface area contributed by atoms with E-state index in [0.29, 0.717) is 12.5 Å². The highest BCUT2D eigenvalue weighted by Crippen LogP contribution is 2.16. The van der Waals surface area contributed by atoms with Gasteiger partial charge in [-0.2, -0.15) is 0 Å². The van der Waals surface area contributed by atoms with E-state index in [4.69, 9.17) is 9.47 Å². The van der Waals surface area contributed by atoms with E-state index < -0.39 is 0 Å². The number of aromatic nitrogens is 1. The third-order valence-corrected chi connectivity index (χ3v) is 2.34. The molecule has 0 aliphatic carbocycles. The maximum atomic E-state index is 5.57. The quantitative estimate of drug-likeness (QED) is 0.797. The lowest BCUT2D eigenvalue weighted by Crippen LogP contribution is -2.16. The molecular weight excluding hydrogens is 234 g/mol. The number of hydrogen-bond donors (Lipinski definition) is 0. The van der Waals surface area contributed by atoms with Gasteiger partial charge >= 0.3 is 0 Å². The lowest BCUT2D eigenvalue weighted by Gasteiger charge is -2.09. The molecule has 0 amide bonds. The summed E-state index contributed by atoms with van der Waals surface area (Å²) < 4.78 is 11.7. The van der Waals surface area contributed by atoms with Gasteiger partial charge in [-0.3, -0.25) is 0 Å². The first-order valence-electron chi connectivity index (χ1n) is 4.20. The van der Waals surface area contributed by atoms with Gasteiger partial charge in [-0.1, -0.05) is 0 Å². The second-order valence-electron chi connectivity index (χ2n) is 2.92. The minimum absolute atomic E-state index is 0.175. The van der Waals surface area contributed by atoms with E-state index in [2.05, 4.69) is 20.9 Å². The van der Waals surface area contributed by atoms with Crippen molar-refractivity contribution < 1.29 is 9.47 Å². The van der Waals surface area contributed by atoms with Crippen LogP contribution in [0, 0.1) is 0 Å². The van der Waals surface area contributed by atoms with E-state index in [9.17, 15) is 0 Å². The molecule has 0 bridgehead atoms. The van der Waals surface area contributed by atoms with Crippen molar-refractivity contribution in [2.24, 2.45) is 0 Å². The predicted molar refractivity (Wildman–Crippen MR) is 51.8 cm³/mol. The number of hydrogen-bond acceptors (Lipinski definition) is 3. The van der Waals surface area contributed by atoms with Gasteiger partial charge in [0.05, 0.1) is 13.2 Å². The standard InChI is InChI=1S/C9H10BrNO2/c10-7-1-2-9(11-5-7)13-8-3-4-12-6-8/h1-2,5,8H,3-4,6H2/t8-/m0/s1. The van der Waals surface area contributed by atoms with Crippen LogP contribution in [0.5, 0.6) is 5.88 Å². The molecule has 0 aromatic carbocycles. The number of pyridine rings is 1. The Kier molecular flexibility index (Phi) is 2.80. The van der Waals surface area contributed by atoms with Crippen molar-refractivity contribution in [1.82, 2.24) is 4.98 Å². The van der Waals surface area contributed by atoms with Crippen LogP contribution in [-0.4, -0.2) is 24.3 Å². The summed E-state index contributed by atoms with van der Waals surface area (Å²) in [5.41, 5.74) is 0. The molecular formula is C9H10BrNO2. The van der Waals surface area contributed by atoms with Crippen LogP contribution in [0.3, 0.4) is 0 Å². The molecule has 0 saturated carbocycles. The minimum atomic E-state index is 0.175. The SMILES string of the molecule is Brc1ccc(O[C@H]2CCOC2)nc1. The van der Waals surface area contributed by atoms with E-state index in [1.54, 1.807) is 6.20 Å². The number of nitrogens with zero attached hydrogens (tertiary/aromatic N) is 1.